The average Bonchev–Trinajstić information content (AvgIpc) is 2.32. The van der Waals surface area contributed by atoms with Crippen molar-refractivity contribution in [2.24, 2.45) is 0 Å². The fourth-order valence-electron chi connectivity index (χ4n) is 1.40. The molecule has 1 heterocycles. The van der Waals surface area contributed by atoms with E-state index in [9.17, 15) is 0 Å². The van der Waals surface area contributed by atoms with Crippen molar-refractivity contribution in [1.82, 2.24) is 4.98 Å². The number of anilines is 1. The van der Waals surface area contributed by atoms with Crippen LogP contribution < -0.4 is 15.9 Å². The maximum atomic E-state index is 5.72. The lowest BCUT2D eigenvalue weighted by Crippen LogP contribution is -2.08. The van der Waals surface area contributed by atoms with Crippen LogP contribution in [0, 0.1) is 0 Å². The lowest BCUT2D eigenvalue weighted by Gasteiger charge is -2.08. The van der Waals surface area contributed by atoms with Crippen molar-refractivity contribution in [3.05, 3.63) is 48.2 Å². The van der Waals surface area contributed by atoms with Gasteiger partial charge in [-0.15, -0.1) is 0 Å². The van der Waals surface area contributed by atoms with E-state index in [4.69, 9.17) is 10.5 Å². The fourth-order valence-corrected chi connectivity index (χ4v) is 1.40. The second kappa shape index (κ2) is 4.70. The van der Waals surface area contributed by atoms with Gasteiger partial charge < -0.3 is 10.5 Å². The second-order valence-corrected chi connectivity index (χ2v) is 3.67. The van der Waals surface area contributed by atoms with Crippen LogP contribution in [0.3, 0.4) is 0 Å². The normalized spacial score (nSPS) is 10.0. The van der Waals surface area contributed by atoms with Gasteiger partial charge in [-0.25, -0.2) is 4.98 Å². The molecular formula is C12H13BN2O. The number of ether oxygens (including phenoxy) is 1. The van der Waals surface area contributed by atoms with Gasteiger partial charge in [-0.2, -0.15) is 0 Å². The average molecular weight is 212 g/mol. The van der Waals surface area contributed by atoms with Gasteiger partial charge in [0.15, 0.2) is 11.6 Å². The standard InChI is InChI=1S/C12H13BN2O/c13-10-6-11(12(14)15-7-10)16-8-9-4-2-1-3-5-9/h1-7H,8,13H2,(H2,14,15). The van der Waals surface area contributed by atoms with Gasteiger partial charge in [-0.3, -0.25) is 0 Å². The van der Waals surface area contributed by atoms with Gasteiger partial charge in [0.05, 0.1) is 0 Å². The highest BCUT2D eigenvalue weighted by atomic mass is 16.5. The van der Waals surface area contributed by atoms with Crippen molar-refractivity contribution < 1.29 is 4.74 Å². The van der Waals surface area contributed by atoms with Crippen LogP contribution in [0.4, 0.5) is 5.82 Å². The predicted molar refractivity (Wildman–Crippen MR) is 67.6 cm³/mol. The molecule has 0 fully saturated rings. The van der Waals surface area contributed by atoms with E-state index in [1.807, 2.05) is 44.2 Å². The molecule has 2 N–H and O–H groups in total. The number of hydrogen-bond acceptors (Lipinski definition) is 3. The van der Waals surface area contributed by atoms with Crippen molar-refractivity contribution >= 4 is 19.1 Å². The van der Waals surface area contributed by atoms with Gasteiger partial charge >= 0.3 is 0 Å². The second-order valence-electron chi connectivity index (χ2n) is 3.67. The SMILES string of the molecule is Bc1cnc(N)c(OCc2ccccc2)c1. The molecule has 1 aromatic carbocycles. The van der Waals surface area contributed by atoms with Crippen LogP contribution in [0.25, 0.3) is 0 Å². The van der Waals surface area contributed by atoms with E-state index < -0.39 is 0 Å². The van der Waals surface area contributed by atoms with E-state index >= 15 is 0 Å². The van der Waals surface area contributed by atoms with E-state index in [0.29, 0.717) is 18.2 Å². The zero-order chi connectivity index (χ0) is 11.4. The quantitative estimate of drug-likeness (QED) is 0.753. The van der Waals surface area contributed by atoms with Gasteiger partial charge in [0.2, 0.25) is 0 Å². The Bertz CT molecular complexity index is 474. The molecule has 1 aromatic heterocycles. The molecule has 4 heteroatoms. The summed E-state index contributed by atoms with van der Waals surface area (Å²) in [4.78, 5) is 4.04. The van der Waals surface area contributed by atoms with E-state index in [2.05, 4.69) is 4.98 Å². The number of benzene rings is 1. The first-order valence-electron chi connectivity index (χ1n) is 5.14. The van der Waals surface area contributed by atoms with Crippen LogP contribution in [0.1, 0.15) is 5.56 Å². The van der Waals surface area contributed by atoms with Crippen LogP contribution in [-0.2, 0) is 6.61 Å². The Morgan fingerprint density at radius 3 is 2.75 bits per heavy atom. The molecule has 0 spiro atoms. The summed E-state index contributed by atoms with van der Waals surface area (Å²) in [6, 6.07) is 11.9. The fraction of sp³-hybridized carbons (Fsp3) is 0.0833. The first kappa shape index (κ1) is 10.5. The summed E-state index contributed by atoms with van der Waals surface area (Å²) in [5.41, 5.74) is 7.87. The Balaban J connectivity index is 2.08. The molecule has 0 unspecified atom stereocenters. The number of rotatable bonds is 3. The summed E-state index contributed by atoms with van der Waals surface area (Å²) in [6.45, 7) is 0.510. The molecule has 0 aliphatic heterocycles. The van der Waals surface area contributed by atoms with E-state index in [1.54, 1.807) is 6.20 Å². The molecule has 0 saturated carbocycles. The Kier molecular flexibility index (Phi) is 3.10. The summed E-state index contributed by atoms with van der Waals surface area (Å²) in [5, 5.41) is 0. The third-order valence-electron chi connectivity index (χ3n) is 2.26. The third kappa shape index (κ3) is 2.54. The van der Waals surface area contributed by atoms with Gasteiger partial charge in [-0.05, 0) is 11.6 Å². The van der Waals surface area contributed by atoms with Gasteiger partial charge in [0, 0.05) is 6.20 Å². The lowest BCUT2D eigenvalue weighted by atomic mass is 9.99. The number of nitrogens with two attached hydrogens (primary N) is 1. The van der Waals surface area contributed by atoms with E-state index in [1.165, 1.54) is 0 Å². The maximum absolute atomic E-state index is 5.72. The van der Waals surface area contributed by atoms with Crippen LogP contribution in [0.15, 0.2) is 42.6 Å². The van der Waals surface area contributed by atoms with E-state index in [0.717, 1.165) is 11.0 Å². The lowest BCUT2D eigenvalue weighted by molar-refractivity contribution is 0.307. The van der Waals surface area contributed by atoms with Crippen molar-refractivity contribution in [1.29, 1.82) is 0 Å². The van der Waals surface area contributed by atoms with Crippen molar-refractivity contribution in [3.63, 3.8) is 0 Å². The third-order valence-corrected chi connectivity index (χ3v) is 2.26. The molecule has 0 aliphatic carbocycles. The number of nitrogen functional groups attached to an aromatic ring is 1. The van der Waals surface area contributed by atoms with E-state index in [-0.39, 0.29) is 0 Å². The van der Waals surface area contributed by atoms with Gasteiger partial charge in [-0.1, -0.05) is 35.8 Å². The molecule has 0 aliphatic rings. The molecule has 0 amide bonds. The van der Waals surface area contributed by atoms with Gasteiger partial charge in [0.25, 0.3) is 0 Å². The number of hydrogen-bond donors (Lipinski definition) is 1. The Morgan fingerprint density at radius 1 is 1.25 bits per heavy atom. The van der Waals surface area contributed by atoms with Gasteiger partial charge in [0.1, 0.15) is 14.5 Å². The minimum absolute atomic E-state index is 0.432. The van der Waals surface area contributed by atoms with Crippen LogP contribution in [0.2, 0.25) is 0 Å². The number of pyridine rings is 1. The predicted octanol–water partition coefficient (Wildman–Crippen LogP) is 0.501. The van der Waals surface area contributed by atoms with Crippen LogP contribution in [-0.4, -0.2) is 12.8 Å². The molecule has 3 nitrogen and oxygen atoms in total. The van der Waals surface area contributed by atoms with Crippen molar-refractivity contribution in [2.45, 2.75) is 6.61 Å². The molecule has 0 bridgehead atoms. The smallest absolute Gasteiger partial charge is 0.166 e. The maximum Gasteiger partial charge on any atom is 0.166 e. The Morgan fingerprint density at radius 2 is 2.00 bits per heavy atom. The highest BCUT2D eigenvalue weighted by Crippen LogP contribution is 2.17. The minimum Gasteiger partial charge on any atom is -0.485 e. The molecule has 80 valence electrons. The first-order chi connectivity index (χ1) is 7.75. The largest absolute Gasteiger partial charge is 0.485 e. The zero-order valence-corrected chi connectivity index (χ0v) is 9.18. The molecule has 0 saturated heterocycles. The molecular weight excluding hydrogens is 199 g/mol. The zero-order valence-electron chi connectivity index (χ0n) is 9.18. The monoisotopic (exact) mass is 212 g/mol. The Hall–Kier alpha value is -1.97. The topological polar surface area (TPSA) is 48.1 Å². The molecule has 0 radical (unpaired) electrons. The van der Waals surface area contributed by atoms with Crippen LogP contribution in [0.5, 0.6) is 5.75 Å². The Labute approximate surface area is 95.7 Å². The summed E-state index contributed by atoms with van der Waals surface area (Å²) < 4.78 is 5.62. The molecule has 2 rings (SSSR count). The van der Waals surface area contributed by atoms with Crippen molar-refractivity contribution in [2.75, 3.05) is 5.73 Å². The molecule has 2 aromatic rings. The number of aromatic nitrogens is 1. The highest BCUT2D eigenvalue weighted by molar-refractivity contribution is 6.32. The van der Waals surface area contributed by atoms with Crippen LogP contribution >= 0.6 is 0 Å². The highest BCUT2D eigenvalue weighted by Gasteiger charge is 2.02. The summed E-state index contributed by atoms with van der Waals surface area (Å²) in [5.74, 6) is 1.07. The number of nitrogens with zero attached hydrogens (tertiary/aromatic N) is 1. The van der Waals surface area contributed by atoms with Crippen molar-refractivity contribution in [3.8, 4) is 5.75 Å². The summed E-state index contributed by atoms with van der Waals surface area (Å²) in [6.07, 6.45) is 1.73. The summed E-state index contributed by atoms with van der Waals surface area (Å²) >= 11 is 0. The molecule has 0 atom stereocenters. The first-order valence-corrected chi connectivity index (χ1v) is 5.14. The molecule has 16 heavy (non-hydrogen) atoms. The minimum atomic E-state index is 0.432. The summed E-state index contributed by atoms with van der Waals surface area (Å²) in [7, 11) is 1.96.